The molecule has 0 radical (unpaired) electrons. The molecule has 1 saturated heterocycles. The van der Waals surface area contributed by atoms with Crippen LogP contribution >= 0.6 is 0 Å². The first kappa shape index (κ1) is 44.7. The van der Waals surface area contributed by atoms with Crippen molar-refractivity contribution >= 4 is 25.9 Å². The van der Waals surface area contributed by atoms with Gasteiger partial charge in [-0.05, 0) is 77.3 Å². The van der Waals surface area contributed by atoms with E-state index in [0.29, 0.717) is 33.8 Å². The minimum absolute atomic E-state index is 0.107. The molecular formula is C45H49F3N4O8Si. The second-order valence-corrected chi connectivity index (χ2v) is 20.8. The van der Waals surface area contributed by atoms with Crippen LogP contribution in [-0.2, 0) is 24.3 Å². The lowest BCUT2D eigenvalue weighted by Crippen LogP contribution is -2.56. The number of carbonyl (C=O) groups is 2. The van der Waals surface area contributed by atoms with Gasteiger partial charge in [-0.25, -0.2) is 4.79 Å². The van der Waals surface area contributed by atoms with E-state index in [0.717, 1.165) is 4.57 Å². The minimum atomic E-state index is -5.29. The van der Waals surface area contributed by atoms with E-state index in [1.54, 1.807) is 68.8 Å². The second-order valence-electron chi connectivity index (χ2n) is 16.0. The predicted octanol–water partition coefficient (Wildman–Crippen LogP) is 7.86. The van der Waals surface area contributed by atoms with Gasteiger partial charge in [0.1, 0.15) is 35.1 Å². The van der Waals surface area contributed by atoms with Crippen LogP contribution in [0.5, 0.6) is 11.5 Å². The van der Waals surface area contributed by atoms with E-state index in [2.05, 4.69) is 15.6 Å². The summed E-state index contributed by atoms with van der Waals surface area (Å²) in [5, 5.41) is 4.22. The van der Waals surface area contributed by atoms with Crippen LogP contribution in [0.15, 0.2) is 126 Å². The van der Waals surface area contributed by atoms with Crippen molar-refractivity contribution < 1.29 is 46.1 Å². The fraction of sp³-hybridized carbons (Fsp3) is 0.333. The number of nitrogens with zero attached hydrogens (tertiary/aromatic N) is 2. The topological polar surface area (TPSA) is 139 Å². The molecule has 0 unspecified atom stereocenters. The fourth-order valence-corrected chi connectivity index (χ4v) is 8.23. The molecule has 4 aromatic carbocycles. The van der Waals surface area contributed by atoms with Gasteiger partial charge in [-0.1, -0.05) is 93.6 Å². The molecule has 0 aliphatic carbocycles. The van der Waals surface area contributed by atoms with Crippen LogP contribution in [0, 0.1) is 0 Å². The molecule has 322 valence electrons. The molecule has 2 N–H and O–H groups in total. The zero-order chi connectivity index (χ0) is 44.2. The number of nitrogens with one attached hydrogen (secondary N) is 2. The minimum Gasteiger partial charge on any atom is -0.497 e. The van der Waals surface area contributed by atoms with E-state index in [1.807, 2.05) is 88.5 Å². The molecule has 6 rings (SSSR count). The lowest BCUT2D eigenvalue weighted by atomic mass is 9.80. The normalized spacial score (nSPS) is 18.3. The molecule has 1 fully saturated rings. The standard InChI is InChI=1S/C45H49F3N4O8Si/c1-43(2,3)61(6,7)60-38-35(28-58-44(30-16-12-9-13-17-30,31-18-22-33(56-4)23-19-31)32-20-24-34(57-5)25-21-32)59-40(37(38)51-41(54)45(46,47)48)52-27-26-36(50-42(52)55)49-39(53)29-14-10-8-11-15-29/h8-27,35,37-38,40H,28H2,1-7H3,(H,51,54)(H,49,50,53,55)/t35-,37-,38-,40-/m1/s1. The summed E-state index contributed by atoms with van der Waals surface area (Å²) in [5.74, 6) is -1.70. The number of methoxy groups -OCH3 is 2. The summed E-state index contributed by atoms with van der Waals surface area (Å²) in [6, 6.07) is 32.0. The van der Waals surface area contributed by atoms with Gasteiger partial charge in [-0.15, -0.1) is 0 Å². The molecule has 16 heteroatoms. The summed E-state index contributed by atoms with van der Waals surface area (Å²) in [4.78, 5) is 43.6. The number of rotatable bonds is 14. The van der Waals surface area contributed by atoms with Crippen LogP contribution < -0.4 is 25.8 Å². The first-order valence-corrected chi connectivity index (χ1v) is 22.4. The lowest BCUT2D eigenvalue weighted by Gasteiger charge is -2.41. The first-order valence-electron chi connectivity index (χ1n) is 19.5. The number of hydrogen-bond donors (Lipinski definition) is 2. The smallest absolute Gasteiger partial charge is 0.471 e. The van der Waals surface area contributed by atoms with Crippen molar-refractivity contribution in [1.29, 1.82) is 0 Å². The summed E-state index contributed by atoms with van der Waals surface area (Å²) in [5.41, 5.74) is 0.0341. The van der Waals surface area contributed by atoms with Crippen LogP contribution in [0.1, 0.15) is 54.0 Å². The van der Waals surface area contributed by atoms with Gasteiger partial charge in [0.15, 0.2) is 14.5 Å². The number of anilines is 1. The summed E-state index contributed by atoms with van der Waals surface area (Å²) in [6.45, 7) is 9.42. The number of ether oxygens (including phenoxy) is 4. The Kier molecular flexibility index (Phi) is 13.2. The first-order chi connectivity index (χ1) is 28.9. The Morgan fingerprint density at radius 2 is 1.31 bits per heavy atom. The zero-order valence-corrected chi connectivity index (χ0v) is 35.9. The van der Waals surface area contributed by atoms with Crippen molar-refractivity contribution in [2.45, 2.75) is 75.2 Å². The van der Waals surface area contributed by atoms with Crippen LogP contribution in [0.2, 0.25) is 18.1 Å². The Labute approximate surface area is 353 Å². The average Bonchev–Trinajstić information content (AvgIpc) is 3.56. The molecule has 1 aromatic heterocycles. The third-order valence-corrected chi connectivity index (χ3v) is 15.6. The fourth-order valence-electron chi connectivity index (χ4n) is 6.90. The van der Waals surface area contributed by atoms with Crippen molar-refractivity contribution in [1.82, 2.24) is 14.9 Å². The molecule has 61 heavy (non-hydrogen) atoms. The average molecular weight is 859 g/mol. The summed E-state index contributed by atoms with van der Waals surface area (Å²) >= 11 is 0. The highest BCUT2D eigenvalue weighted by Gasteiger charge is 2.54. The number of alkyl halides is 3. The molecule has 0 spiro atoms. The van der Waals surface area contributed by atoms with Gasteiger partial charge in [-0.2, -0.15) is 18.2 Å². The van der Waals surface area contributed by atoms with Crippen LogP contribution in [-0.4, -0.2) is 74.9 Å². The lowest BCUT2D eigenvalue weighted by molar-refractivity contribution is -0.175. The predicted molar refractivity (Wildman–Crippen MR) is 225 cm³/mol. The Balaban J connectivity index is 1.47. The largest absolute Gasteiger partial charge is 0.497 e. The molecule has 0 bridgehead atoms. The van der Waals surface area contributed by atoms with E-state index in [9.17, 15) is 27.6 Å². The van der Waals surface area contributed by atoms with Crippen molar-refractivity contribution in [2.24, 2.45) is 0 Å². The Bertz CT molecular complexity index is 2290. The monoisotopic (exact) mass is 858 g/mol. The summed E-state index contributed by atoms with van der Waals surface area (Å²) in [7, 11) is 0.221. The van der Waals surface area contributed by atoms with Gasteiger partial charge in [0.25, 0.3) is 5.91 Å². The Morgan fingerprint density at radius 3 is 1.80 bits per heavy atom. The van der Waals surface area contributed by atoms with E-state index >= 15 is 0 Å². The van der Waals surface area contributed by atoms with Crippen molar-refractivity contribution in [3.63, 3.8) is 0 Å². The summed E-state index contributed by atoms with van der Waals surface area (Å²) in [6.07, 6.45) is -8.08. The highest BCUT2D eigenvalue weighted by Crippen LogP contribution is 2.45. The molecule has 4 atom stereocenters. The van der Waals surface area contributed by atoms with Gasteiger partial charge < -0.3 is 34.0 Å². The number of hydrogen-bond acceptors (Lipinski definition) is 9. The van der Waals surface area contributed by atoms with Crippen LogP contribution in [0.25, 0.3) is 0 Å². The highest BCUT2D eigenvalue weighted by atomic mass is 28.4. The van der Waals surface area contributed by atoms with Crippen LogP contribution in [0.3, 0.4) is 0 Å². The van der Waals surface area contributed by atoms with Crippen molar-refractivity contribution in [2.75, 3.05) is 26.1 Å². The maximum atomic E-state index is 14.1. The molecule has 0 saturated carbocycles. The Morgan fingerprint density at radius 1 is 0.787 bits per heavy atom. The van der Waals surface area contributed by atoms with Gasteiger partial charge in [0, 0.05) is 11.8 Å². The number of benzene rings is 4. The van der Waals surface area contributed by atoms with E-state index < -0.39 is 67.1 Å². The number of amides is 2. The molecule has 2 amide bonds. The second kappa shape index (κ2) is 18.0. The van der Waals surface area contributed by atoms with Crippen LogP contribution in [0.4, 0.5) is 19.0 Å². The number of carbonyl (C=O) groups excluding carboxylic acids is 2. The maximum Gasteiger partial charge on any atom is 0.471 e. The van der Waals surface area contributed by atoms with E-state index in [1.165, 1.54) is 12.3 Å². The molecule has 12 nitrogen and oxygen atoms in total. The highest BCUT2D eigenvalue weighted by molar-refractivity contribution is 6.74. The van der Waals surface area contributed by atoms with Crippen molar-refractivity contribution in [3.8, 4) is 11.5 Å². The molecule has 2 heterocycles. The molecule has 1 aliphatic heterocycles. The van der Waals surface area contributed by atoms with Gasteiger partial charge in [-0.3, -0.25) is 14.2 Å². The summed E-state index contributed by atoms with van der Waals surface area (Å²) < 4.78 is 74.8. The number of halogens is 3. The van der Waals surface area contributed by atoms with Crippen molar-refractivity contribution in [3.05, 3.63) is 154 Å². The van der Waals surface area contributed by atoms with E-state index in [-0.39, 0.29) is 12.4 Å². The molecule has 1 aliphatic rings. The van der Waals surface area contributed by atoms with Gasteiger partial charge in [0.05, 0.1) is 26.9 Å². The van der Waals surface area contributed by atoms with E-state index in [4.69, 9.17) is 23.4 Å². The maximum absolute atomic E-state index is 14.1. The number of aromatic nitrogens is 2. The Hall–Kier alpha value is -5.81. The third-order valence-electron chi connectivity index (χ3n) is 11.2. The molecule has 5 aromatic rings. The van der Waals surface area contributed by atoms with Gasteiger partial charge >= 0.3 is 17.8 Å². The SMILES string of the molecule is COc1ccc(C(OC[C@H]2O[C@@H](n3ccc(NC(=O)c4ccccc4)nc3=O)[C@H](NC(=O)C(F)(F)F)[C@@H]2O[Si](C)(C)C(C)(C)C)(c2ccccc2)c2ccc(OC)cc2)cc1. The zero-order valence-electron chi connectivity index (χ0n) is 34.9. The van der Waals surface area contributed by atoms with Gasteiger partial charge in [0.2, 0.25) is 0 Å². The third kappa shape index (κ3) is 9.72. The quantitative estimate of drug-likeness (QED) is 0.0845. The molecular weight excluding hydrogens is 810 g/mol.